The Morgan fingerprint density at radius 2 is 1.39 bits per heavy atom. The average Bonchev–Trinajstić information content (AvgIpc) is 2.71. The van der Waals surface area contributed by atoms with Crippen molar-refractivity contribution in [2.75, 3.05) is 6.54 Å². The van der Waals surface area contributed by atoms with Crippen molar-refractivity contribution in [3.05, 3.63) is 41.4 Å². The number of unbranched alkanes of at least 4 members (excludes halogenated alkanes) is 12. The molecule has 4 nitrogen and oxygen atoms in total. The lowest BCUT2D eigenvalue weighted by molar-refractivity contribution is 0.0975. The van der Waals surface area contributed by atoms with Crippen LogP contribution in [0.25, 0.3) is 0 Å². The van der Waals surface area contributed by atoms with Crippen molar-refractivity contribution in [2.45, 2.75) is 90.4 Å². The van der Waals surface area contributed by atoms with Gasteiger partial charge in [-0.15, -0.1) is 0 Å². The second-order valence-corrected chi connectivity index (χ2v) is 7.82. The number of carbonyl (C=O) groups excluding carboxylic acids is 2. The molecule has 1 heterocycles. The molecule has 0 aromatic carbocycles. The molecule has 4 heteroatoms. The second kappa shape index (κ2) is 13.2. The summed E-state index contributed by atoms with van der Waals surface area (Å²) in [5.41, 5.74) is 1.08. The fraction of sp³-hybridized carbons (Fsp3) is 0.625. The maximum atomic E-state index is 12.4. The molecule has 1 aliphatic rings. The molecule has 154 valence electrons. The van der Waals surface area contributed by atoms with E-state index in [9.17, 15) is 9.59 Å². The summed E-state index contributed by atoms with van der Waals surface area (Å²) in [4.78, 5) is 28.5. The first-order valence-electron chi connectivity index (χ1n) is 11.2. The number of fused-ring (bicyclic) bond motifs is 1. The van der Waals surface area contributed by atoms with Gasteiger partial charge < -0.3 is 5.32 Å². The van der Waals surface area contributed by atoms with Gasteiger partial charge in [0.2, 0.25) is 11.6 Å². The molecule has 0 bridgehead atoms. The lowest BCUT2D eigenvalue weighted by atomic mass is 9.97. The van der Waals surface area contributed by atoms with E-state index < -0.39 is 0 Å². The van der Waals surface area contributed by atoms with Gasteiger partial charge in [0, 0.05) is 18.8 Å². The monoisotopic (exact) mass is 384 g/mol. The number of allylic oxidation sites excluding steroid dienone is 2. The molecular formula is C24H36N2O2. The number of rotatable bonds is 15. The highest BCUT2D eigenvalue weighted by molar-refractivity contribution is 6.23. The van der Waals surface area contributed by atoms with Crippen molar-refractivity contribution in [1.82, 2.24) is 10.3 Å². The van der Waals surface area contributed by atoms with E-state index in [-0.39, 0.29) is 17.3 Å². The van der Waals surface area contributed by atoms with Gasteiger partial charge in [-0.3, -0.25) is 14.6 Å². The third kappa shape index (κ3) is 7.57. The van der Waals surface area contributed by atoms with Gasteiger partial charge in [0.05, 0.1) is 11.3 Å². The van der Waals surface area contributed by atoms with Crippen LogP contribution in [-0.2, 0) is 0 Å². The fourth-order valence-corrected chi connectivity index (χ4v) is 3.69. The van der Waals surface area contributed by atoms with Gasteiger partial charge in [-0.2, -0.15) is 0 Å². The van der Waals surface area contributed by atoms with Crippen molar-refractivity contribution in [3.63, 3.8) is 0 Å². The van der Waals surface area contributed by atoms with E-state index in [2.05, 4.69) is 17.2 Å². The number of nitrogens with one attached hydrogen (secondary N) is 1. The van der Waals surface area contributed by atoms with Crippen LogP contribution in [0.15, 0.2) is 30.1 Å². The van der Waals surface area contributed by atoms with Crippen LogP contribution in [0.5, 0.6) is 0 Å². The minimum atomic E-state index is -0.192. The number of Topliss-reactive ketones (excluding diaryl/α,β-unsaturated/α-hetero) is 1. The first-order chi connectivity index (χ1) is 13.7. The molecule has 1 aromatic heterocycles. The molecule has 0 unspecified atom stereocenters. The molecule has 0 radical (unpaired) electrons. The zero-order valence-corrected chi connectivity index (χ0v) is 17.5. The second-order valence-electron chi connectivity index (χ2n) is 7.82. The molecule has 0 atom stereocenters. The lowest BCUT2D eigenvalue weighted by Gasteiger charge is -2.15. The number of nitrogens with zero attached hydrogens (tertiary/aromatic N) is 1. The standard InChI is InChI=1S/C24H36N2O2/c1-2-3-4-5-6-7-8-9-10-11-12-13-14-17-25-21-19-22(27)23-20(24(21)28)16-15-18-26-23/h15-16,18-19,25H,2-14,17H2,1H3. The van der Waals surface area contributed by atoms with Gasteiger partial charge in [0.1, 0.15) is 5.69 Å². The van der Waals surface area contributed by atoms with E-state index in [1.165, 1.54) is 76.7 Å². The van der Waals surface area contributed by atoms with Crippen LogP contribution in [0.3, 0.4) is 0 Å². The predicted molar refractivity (Wildman–Crippen MR) is 115 cm³/mol. The largest absolute Gasteiger partial charge is 0.382 e. The van der Waals surface area contributed by atoms with Crippen molar-refractivity contribution >= 4 is 11.6 Å². The van der Waals surface area contributed by atoms with Crippen molar-refractivity contribution in [2.24, 2.45) is 0 Å². The van der Waals surface area contributed by atoms with Gasteiger partial charge in [-0.05, 0) is 18.6 Å². The summed E-state index contributed by atoms with van der Waals surface area (Å²) in [5, 5.41) is 3.15. The Balaban J connectivity index is 1.47. The quantitative estimate of drug-likeness (QED) is 0.375. The highest BCUT2D eigenvalue weighted by Gasteiger charge is 2.25. The van der Waals surface area contributed by atoms with Crippen molar-refractivity contribution in [1.29, 1.82) is 0 Å². The highest BCUT2D eigenvalue weighted by Crippen LogP contribution is 2.18. The molecule has 0 aliphatic heterocycles. The number of ketones is 2. The van der Waals surface area contributed by atoms with Crippen LogP contribution in [-0.4, -0.2) is 23.1 Å². The summed E-state index contributed by atoms with van der Waals surface area (Å²) < 4.78 is 0. The van der Waals surface area contributed by atoms with Gasteiger partial charge in [-0.25, -0.2) is 0 Å². The summed E-state index contributed by atoms with van der Waals surface area (Å²) >= 11 is 0. The third-order valence-electron chi connectivity index (χ3n) is 5.40. The van der Waals surface area contributed by atoms with Crippen LogP contribution in [0.1, 0.15) is 111 Å². The van der Waals surface area contributed by atoms with Gasteiger partial charge in [0.15, 0.2) is 0 Å². The van der Waals surface area contributed by atoms with Crippen LogP contribution >= 0.6 is 0 Å². The molecule has 1 N–H and O–H groups in total. The summed E-state index contributed by atoms with van der Waals surface area (Å²) in [6, 6.07) is 3.36. The van der Waals surface area contributed by atoms with Crippen LogP contribution < -0.4 is 5.32 Å². The molecule has 0 fully saturated rings. The average molecular weight is 385 g/mol. The summed E-state index contributed by atoms with van der Waals surface area (Å²) in [5.74, 6) is -0.319. The number of hydrogen-bond acceptors (Lipinski definition) is 4. The van der Waals surface area contributed by atoms with E-state index >= 15 is 0 Å². The molecule has 28 heavy (non-hydrogen) atoms. The molecular weight excluding hydrogens is 348 g/mol. The maximum absolute atomic E-state index is 12.4. The van der Waals surface area contributed by atoms with E-state index in [4.69, 9.17) is 0 Å². The van der Waals surface area contributed by atoms with E-state index in [0.717, 1.165) is 19.4 Å². The Labute approximate surface area is 170 Å². The highest BCUT2D eigenvalue weighted by atomic mass is 16.1. The zero-order chi connectivity index (χ0) is 20.0. The van der Waals surface area contributed by atoms with Crippen LogP contribution in [0.2, 0.25) is 0 Å². The maximum Gasteiger partial charge on any atom is 0.211 e. The van der Waals surface area contributed by atoms with Crippen LogP contribution in [0, 0.1) is 0 Å². The summed E-state index contributed by atoms with van der Waals surface area (Å²) in [6.07, 6.45) is 20.1. The van der Waals surface area contributed by atoms with Crippen molar-refractivity contribution in [3.8, 4) is 0 Å². The molecule has 0 spiro atoms. The molecule has 0 saturated carbocycles. The Morgan fingerprint density at radius 3 is 2.00 bits per heavy atom. The molecule has 1 aromatic rings. The number of aromatic nitrogens is 1. The summed E-state index contributed by atoms with van der Waals surface area (Å²) in [6.45, 7) is 3.00. The van der Waals surface area contributed by atoms with Crippen LogP contribution in [0.4, 0.5) is 0 Å². The normalized spacial score (nSPS) is 13.4. The first kappa shape index (κ1) is 22.3. The Hall–Kier alpha value is -1.97. The fourth-order valence-electron chi connectivity index (χ4n) is 3.69. The topological polar surface area (TPSA) is 59.1 Å². The number of pyridine rings is 1. The van der Waals surface area contributed by atoms with Gasteiger partial charge in [0.25, 0.3) is 0 Å². The molecule has 1 aliphatic carbocycles. The van der Waals surface area contributed by atoms with E-state index in [1.54, 1.807) is 18.3 Å². The minimum absolute atomic E-state index is 0.127. The third-order valence-corrected chi connectivity index (χ3v) is 5.40. The molecule has 0 amide bonds. The van der Waals surface area contributed by atoms with Crippen molar-refractivity contribution < 1.29 is 9.59 Å². The Morgan fingerprint density at radius 1 is 0.821 bits per heavy atom. The smallest absolute Gasteiger partial charge is 0.211 e. The van der Waals surface area contributed by atoms with Gasteiger partial charge in [-0.1, -0.05) is 84.0 Å². The summed E-state index contributed by atoms with van der Waals surface area (Å²) in [7, 11) is 0. The predicted octanol–water partition coefficient (Wildman–Crippen LogP) is 6.03. The lowest BCUT2D eigenvalue weighted by Crippen LogP contribution is -2.28. The van der Waals surface area contributed by atoms with E-state index in [0.29, 0.717) is 11.3 Å². The van der Waals surface area contributed by atoms with E-state index in [1.807, 2.05) is 0 Å². The zero-order valence-electron chi connectivity index (χ0n) is 17.5. The minimum Gasteiger partial charge on any atom is -0.382 e. The van der Waals surface area contributed by atoms with Gasteiger partial charge >= 0.3 is 0 Å². The molecule has 0 saturated heterocycles. The number of hydrogen-bond donors (Lipinski definition) is 1. The first-order valence-corrected chi connectivity index (χ1v) is 11.2. The molecule has 2 rings (SSSR count). The Bertz CT molecular complexity index is 652. The SMILES string of the molecule is CCCCCCCCCCCCCCCNC1=CC(=O)c2ncccc2C1=O. The number of carbonyl (C=O) groups is 2. The Kier molecular flexibility index (Phi) is 10.6.